The molecule has 2 aromatic carbocycles. The van der Waals surface area contributed by atoms with Gasteiger partial charge in [0.2, 0.25) is 11.8 Å². The molecule has 1 N–H and O–H groups in total. The zero-order valence-electron chi connectivity index (χ0n) is 15.2. The largest absolute Gasteiger partial charge is 0.416 e. The molecule has 28 heavy (non-hydrogen) atoms. The first-order chi connectivity index (χ1) is 13.7. The number of aromatic nitrogens is 3. The van der Waals surface area contributed by atoms with E-state index in [4.69, 9.17) is 4.42 Å². The molecule has 4 rings (SSSR count). The van der Waals surface area contributed by atoms with E-state index >= 15 is 0 Å². The average molecular weight is 411 g/mol. The summed E-state index contributed by atoms with van der Waals surface area (Å²) >= 11 is 2.92. The molecule has 0 radical (unpaired) electrons. The minimum absolute atomic E-state index is 0.103. The smallest absolute Gasteiger partial charge is 0.277 e. The van der Waals surface area contributed by atoms with Gasteiger partial charge in [0.1, 0.15) is 0 Å². The number of para-hydroxylation sites is 2. The number of benzene rings is 2. The molecule has 0 atom stereocenters. The number of hydrogen-bond donors (Lipinski definition) is 1. The van der Waals surface area contributed by atoms with Crippen molar-refractivity contribution in [2.24, 2.45) is 0 Å². The Kier molecular flexibility index (Phi) is 5.68. The maximum atomic E-state index is 12.1. The fourth-order valence-electron chi connectivity index (χ4n) is 2.67. The Bertz CT molecular complexity index is 1070. The molecular weight excluding hydrogens is 392 g/mol. The molecule has 0 bridgehead atoms. The number of rotatable bonds is 7. The van der Waals surface area contributed by atoms with Crippen LogP contribution in [0.15, 0.2) is 58.2 Å². The van der Waals surface area contributed by atoms with Gasteiger partial charge >= 0.3 is 0 Å². The predicted octanol–water partition coefficient (Wildman–Crippen LogP) is 4.50. The SMILES string of the molecule is Cc1ccccc1NC(=O)CSc1nnc(CCc2nc3ccccc3s2)o1. The van der Waals surface area contributed by atoms with Crippen molar-refractivity contribution in [1.82, 2.24) is 15.2 Å². The van der Waals surface area contributed by atoms with Gasteiger partial charge in [0.15, 0.2) is 0 Å². The van der Waals surface area contributed by atoms with Gasteiger partial charge in [-0.3, -0.25) is 4.79 Å². The number of anilines is 1. The zero-order valence-corrected chi connectivity index (χ0v) is 16.8. The lowest BCUT2D eigenvalue weighted by atomic mass is 10.2. The molecular formula is C20H18N4O2S2. The molecule has 0 spiro atoms. The van der Waals surface area contributed by atoms with Crippen molar-refractivity contribution in [3.05, 3.63) is 65.0 Å². The third-order valence-corrected chi connectivity index (χ3v) is 6.00. The number of thiazole rings is 1. The summed E-state index contributed by atoms with van der Waals surface area (Å²) in [4.78, 5) is 16.7. The Morgan fingerprint density at radius 1 is 1.11 bits per heavy atom. The number of carbonyl (C=O) groups excluding carboxylic acids is 1. The van der Waals surface area contributed by atoms with Crippen LogP contribution in [0.1, 0.15) is 16.5 Å². The first-order valence-electron chi connectivity index (χ1n) is 8.82. The summed E-state index contributed by atoms with van der Waals surface area (Å²) in [6, 6.07) is 15.8. The number of carbonyl (C=O) groups is 1. The van der Waals surface area contributed by atoms with Gasteiger partial charge in [-0.15, -0.1) is 21.5 Å². The van der Waals surface area contributed by atoms with Crippen molar-refractivity contribution in [3.63, 3.8) is 0 Å². The van der Waals surface area contributed by atoms with E-state index in [1.807, 2.05) is 49.4 Å². The van der Waals surface area contributed by atoms with E-state index in [1.165, 1.54) is 16.5 Å². The topological polar surface area (TPSA) is 80.9 Å². The summed E-state index contributed by atoms with van der Waals surface area (Å²) in [7, 11) is 0. The maximum Gasteiger partial charge on any atom is 0.277 e. The molecule has 0 fully saturated rings. The van der Waals surface area contributed by atoms with Crippen LogP contribution in [0.4, 0.5) is 5.69 Å². The van der Waals surface area contributed by atoms with Gasteiger partial charge in [-0.05, 0) is 30.7 Å². The third-order valence-electron chi connectivity index (χ3n) is 4.09. The van der Waals surface area contributed by atoms with Gasteiger partial charge in [0, 0.05) is 18.5 Å². The Balaban J connectivity index is 1.28. The third kappa shape index (κ3) is 4.58. The quantitative estimate of drug-likeness (QED) is 0.452. The molecule has 0 saturated heterocycles. The van der Waals surface area contributed by atoms with Crippen molar-refractivity contribution in [2.75, 3.05) is 11.1 Å². The van der Waals surface area contributed by atoms with Crippen LogP contribution in [0.2, 0.25) is 0 Å². The molecule has 0 aliphatic carbocycles. The summed E-state index contributed by atoms with van der Waals surface area (Å²) in [6.45, 7) is 1.96. The zero-order chi connectivity index (χ0) is 19.3. The Morgan fingerprint density at radius 2 is 1.93 bits per heavy atom. The van der Waals surface area contributed by atoms with Gasteiger partial charge in [0.05, 0.1) is 21.0 Å². The van der Waals surface area contributed by atoms with Crippen LogP contribution >= 0.6 is 23.1 Å². The highest BCUT2D eigenvalue weighted by atomic mass is 32.2. The highest BCUT2D eigenvalue weighted by Crippen LogP contribution is 2.23. The van der Waals surface area contributed by atoms with E-state index in [-0.39, 0.29) is 11.7 Å². The number of nitrogens with one attached hydrogen (secondary N) is 1. The van der Waals surface area contributed by atoms with E-state index in [2.05, 4.69) is 26.6 Å². The Hall–Kier alpha value is -2.71. The number of aryl methyl sites for hydroxylation is 3. The predicted molar refractivity (Wildman–Crippen MR) is 112 cm³/mol. The lowest BCUT2D eigenvalue weighted by Crippen LogP contribution is -2.14. The Morgan fingerprint density at radius 3 is 2.79 bits per heavy atom. The normalized spacial score (nSPS) is 11.0. The second kappa shape index (κ2) is 8.53. The van der Waals surface area contributed by atoms with Crippen molar-refractivity contribution in [1.29, 1.82) is 0 Å². The van der Waals surface area contributed by atoms with Crippen LogP contribution in [0.25, 0.3) is 10.2 Å². The van der Waals surface area contributed by atoms with Gasteiger partial charge in [-0.25, -0.2) is 4.98 Å². The summed E-state index contributed by atoms with van der Waals surface area (Å²) in [5.41, 5.74) is 2.86. The first kappa shape index (κ1) is 18.6. The lowest BCUT2D eigenvalue weighted by Gasteiger charge is -2.06. The molecule has 2 aromatic heterocycles. The molecule has 6 nitrogen and oxygen atoms in total. The standard InChI is InChI=1S/C20H18N4O2S2/c1-13-6-2-3-7-14(13)21-17(25)12-27-20-24-23-18(26-20)10-11-19-22-15-8-4-5-9-16(15)28-19/h2-9H,10-12H2,1H3,(H,21,25). The van der Waals surface area contributed by atoms with Gasteiger partial charge < -0.3 is 9.73 Å². The summed E-state index contributed by atoms with van der Waals surface area (Å²) in [5.74, 6) is 0.669. The molecule has 142 valence electrons. The second-order valence-electron chi connectivity index (χ2n) is 6.19. The number of hydrogen-bond acceptors (Lipinski definition) is 7. The van der Waals surface area contributed by atoms with Crippen LogP contribution < -0.4 is 5.32 Å². The first-order valence-corrected chi connectivity index (χ1v) is 10.6. The number of thioether (sulfide) groups is 1. The molecule has 0 saturated carbocycles. The molecule has 4 aromatic rings. The number of nitrogens with zero attached hydrogens (tertiary/aromatic N) is 3. The van der Waals surface area contributed by atoms with Crippen molar-refractivity contribution < 1.29 is 9.21 Å². The van der Waals surface area contributed by atoms with Crippen LogP contribution in [-0.2, 0) is 17.6 Å². The van der Waals surface area contributed by atoms with E-state index in [1.54, 1.807) is 11.3 Å². The van der Waals surface area contributed by atoms with Crippen molar-refractivity contribution in [2.45, 2.75) is 25.0 Å². The molecule has 0 aliphatic rings. The molecule has 8 heteroatoms. The lowest BCUT2D eigenvalue weighted by molar-refractivity contribution is -0.113. The van der Waals surface area contributed by atoms with Gasteiger partial charge in [-0.2, -0.15) is 0 Å². The highest BCUT2D eigenvalue weighted by molar-refractivity contribution is 7.99. The molecule has 0 aliphatic heterocycles. The summed E-state index contributed by atoms with van der Waals surface area (Å²) in [6.07, 6.45) is 1.38. The number of amides is 1. The van der Waals surface area contributed by atoms with Crippen LogP contribution in [0, 0.1) is 6.92 Å². The monoisotopic (exact) mass is 410 g/mol. The van der Waals surface area contributed by atoms with E-state index in [9.17, 15) is 4.79 Å². The van der Waals surface area contributed by atoms with E-state index < -0.39 is 0 Å². The number of fused-ring (bicyclic) bond motifs is 1. The maximum absolute atomic E-state index is 12.1. The minimum Gasteiger partial charge on any atom is -0.416 e. The van der Waals surface area contributed by atoms with Crippen LogP contribution in [0.3, 0.4) is 0 Å². The Labute approximate surface area is 170 Å². The van der Waals surface area contributed by atoms with Gasteiger partial charge in [-0.1, -0.05) is 42.1 Å². The second-order valence-corrected chi connectivity index (χ2v) is 8.23. The van der Waals surface area contributed by atoms with Crippen LogP contribution in [-0.4, -0.2) is 26.8 Å². The average Bonchev–Trinajstić information content (AvgIpc) is 3.33. The van der Waals surface area contributed by atoms with Gasteiger partial charge in [0.25, 0.3) is 5.22 Å². The van der Waals surface area contributed by atoms with Crippen molar-refractivity contribution >= 4 is 44.9 Å². The van der Waals surface area contributed by atoms with E-state index in [0.717, 1.165) is 28.2 Å². The summed E-state index contributed by atoms with van der Waals surface area (Å²) in [5, 5.41) is 12.4. The molecule has 2 heterocycles. The van der Waals surface area contributed by atoms with Crippen LogP contribution in [0.5, 0.6) is 0 Å². The fourth-order valence-corrected chi connectivity index (χ4v) is 4.21. The highest BCUT2D eigenvalue weighted by Gasteiger charge is 2.12. The van der Waals surface area contributed by atoms with E-state index in [0.29, 0.717) is 17.5 Å². The molecule has 0 unspecified atom stereocenters. The summed E-state index contributed by atoms with van der Waals surface area (Å²) < 4.78 is 6.82. The van der Waals surface area contributed by atoms with Crippen molar-refractivity contribution in [3.8, 4) is 0 Å². The molecule has 1 amide bonds. The minimum atomic E-state index is -0.103. The fraction of sp³-hybridized carbons (Fsp3) is 0.200.